The molecular weight excluding hydrogens is 993 g/mol. The summed E-state index contributed by atoms with van der Waals surface area (Å²) >= 11 is 0. The Balaban J connectivity index is 0.000000331. The Morgan fingerprint density at radius 2 is 1.03 bits per heavy atom. The number of nitrogens with one attached hydrogen (secondary N) is 1. The Bertz CT molecular complexity index is 2790. The first kappa shape index (κ1) is 63.5. The lowest BCUT2D eigenvalue weighted by Gasteiger charge is -2.20. The Kier molecular flexibility index (Phi) is 28.0. The molecule has 77 heavy (non-hydrogen) atoms. The van der Waals surface area contributed by atoms with Crippen molar-refractivity contribution in [2.24, 2.45) is 0 Å². The first-order chi connectivity index (χ1) is 37.2. The zero-order valence-electron chi connectivity index (χ0n) is 47.7. The van der Waals surface area contributed by atoms with Crippen molar-refractivity contribution in [2.75, 3.05) is 77.1 Å². The van der Waals surface area contributed by atoms with Crippen LogP contribution in [-0.4, -0.2) is 145 Å². The second-order valence-corrected chi connectivity index (χ2v) is 18.7. The van der Waals surface area contributed by atoms with E-state index in [0.29, 0.717) is 126 Å². The molecule has 21 heteroatoms. The van der Waals surface area contributed by atoms with Gasteiger partial charge in [-0.2, -0.15) is 0 Å². The number of para-hydroxylation sites is 2. The van der Waals surface area contributed by atoms with E-state index in [1.165, 1.54) is 0 Å². The number of nitrogens with zero attached hydrogens (tertiary/aromatic N) is 6. The smallest absolute Gasteiger partial charge is 0.303 e. The highest BCUT2D eigenvalue weighted by Gasteiger charge is 2.25. The molecule has 0 saturated carbocycles. The zero-order valence-corrected chi connectivity index (χ0v) is 46.7. The number of carbonyl (C=O) groups is 4. The molecular formula is C56H84N8O13. The van der Waals surface area contributed by atoms with E-state index in [-0.39, 0.29) is 63.0 Å². The van der Waals surface area contributed by atoms with Gasteiger partial charge in [0.2, 0.25) is 5.91 Å². The van der Waals surface area contributed by atoms with Gasteiger partial charge in [-0.15, -0.1) is 0 Å². The van der Waals surface area contributed by atoms with Gasteiger partial charge < -0.3 is 63.9 Å². The van der Waals surface area contributed by atoms with Crippen LogP contribution in [0.25, 0.3) is 43.9 Å². The Labute approximate surface area is 453 Å². The van der Waals surface area contributed by atoms with E-state index >= 15 is 0 Å². The van der Waals surface area contributed by atoms with Gasteiger partial charge in [0.15, 0.2) is 23.2 Å². The fourth-order valence-electron chi connectivity index (χ4n) is 7.71. The summed E-state index contributed by atoms with van der Waals surface area (Å²) in [6.45, 7) is 22.4. The van der Waals surface area contributed by atoms with E-state index in [2.05, 4.69) is 20.3 Å². The quantitative estimate of drug-likeness (QED) is 0.0258. The predicted octanol–water partition coefficient (Wildman–Crippen LogP) is 7.99. The Morgan fingerprint density at radius 1 is 0.610 bits per heavy atom. The van der Waals surface area contributed by atoms with Gasteiger partial charge >= 0.3 is 5.97 Å². The molecule has 4 heterocycles. The third-order valence-electron chi connectivity index (χ3n) is 11.0. The van der Waals surface area contributed by atoms with Gasteiger partial charge in [-0.05, 0) is 80.4 Å². The van der Waals surface area contributed by atoms with Crippen molar-refractivity contribution in [1.82, 2.24) is 29.1 Å². The van der Waals surface area contributed by atoms with Gasteiger partial charge in [-0.3, -0.25) is 19.2 Å². The van der Waals surface area contributed by atoms with E-state index in [4.69, 9.17) is 45.6 Å². The summed E-state index contributed by atoms with van der Waals surface area (Å²) in [5.41, 5.74) is 8.60. The van der Waals surface area contributed by atoms with Crippen LogP contribution in [0, 0.1) is 0 Å². The van der Waals surface area contributed by atoms with Crippen LogP contribution in [0.5, 0.6) is 0 Å². The van der Waals surface area contributed by atoms with Crippen LogP contribution in [-0.2, 0) is 73.9 Å². The molecule has 0 aliphatic heterocycles. The first-order valence-electron chi connectivity index (χ1n) is 27.0. The molecule has 6 N–H and O–H groups in total. The minimum absolute atomic E-state index is 0.0167. The van der Waals surface area contributed by atoms with E-state index in [1.807, 2.05) is 85.4 Å². The molecule has 426 valence electrons. The summed E-state index contributed by atoms with van der Waals surface area (Å²) < 4.78 is 41.8. The summed E-state index contributed by atoms with van der Waals surface area (Å²) in [7, 11) is 0. The zero-order chi connectivity index (χ0) is 57.7. The van der Waals surface area contributed by atoms with Crippen LogP contribution in [0.3, 0.4) is 0 Å². The molecule has 0 fully saturated rings. The normalized spacial score (nSPS) is 11.6. The lowest BCUT2D eigenvalue weighted by Crippen LogP contribution is -2.27. The molecule has 0 bridgehead atoms. The number of amides is 1. The third-order valence-corrected chi connectivity index (χ3v) is 11.0. The number of anilines is 2. The van der Waals surface area contributed by atoms with Crippen LogP contribution in [0.1, 0.15) is 121 Å². The lowest BCUT2D eigenvalue weighted by atomic mass is 10.1. The monoisotopic (exact) mass is 1080 g/mol. The highest BCUT2D eigenvalue weighted by Crippen LogP contribution is 2.33. The number of aromatic nitrogens is 6. The average Bonchev–Trinajstić information content (AvgIpc) is 4.08. The minimum Gasteiger partial charge on any atom is -0.481 e. The number of pyridine rings is 2. The molecule has 2 aromatic carbocycles. The Morgan fingerprint density at radius 3 is 1.48 bits per heavy atom. The first-order valence-corrected chi connectivity index (χ1v) is 26.3. The van der Waals surface area contributed by atoms with Crippen molar-refractivity contribution in [1.29, 1.82) is 0 Å². The molecule has 0 aliphatic rings. The SMILES string of the molecule is CCOCCOCC(=O)CCCC(=O)Nc1nc2ccccc2c2c1nc(COCC)n2CC(C)(C)O.CCOCCOCC(=O)CCCC(=O)O.CCOCc1nc2c(N)nc3ccccc3c2n1CC(C)(C)O.[2H]CC. The molecule has 6 rings (SSSR count). The molecule has 0 radical (unpaired) electrons. The number of aliphatic carboxylic acids is 1. The van der Waals surface area contributed by atoms with Crippen molar-refractivity contribution < 1.29 is 64.3 Å². The molecule has 4 aromatic heterocycles. The van der Waals surface area contributed by atoms with E-state index in [1.54, 1.807) is 34.6 Å². The average molecular weight is 1080 g/mol. The fraction of sp³-hybridized carbons (Fsp3) is 0.571. The van der Waals surface area contributed by atoms with E-state index in [0.717, 1.165) is 33.1 Å². The number of carboxylic acid groups (broad SMARTS) is 1. The number of nitrogens with two attached hydrogens (primary N) is 1. The minimum atomic E-state index is -0.998. The van der Waals surface area contributed by atoms with Crippen molar-refractivity contribution in [2.45, 2.75) is 145 Å². The lowest BCUT2D eigenvalue weighted by molar-refractivity contribution is -0.137. The van der Waals surface area contributed by atoms with Gasteiger partial charge in [-0.25, -0.2) is 19.9 Å². The number of ether oxygens (including phenoxy) is 6. The van der Waals surface area contributed by atoms with Gasteiger partial charge in [0.05, 0.1) is 72.8 Å². The van der Waals surface area contributed by atoms with Crippen molar-refractivity contribution in [3.8, 4) is 0 Å². The number of imidazole rings is 2. The highest BCUT2D eigenvalue weighted by molar-refractivity contribution is 6.10. The summed E-state index contributed by atoms with van der Waals surface area (Å²) in [6.07, 6.45) is 1.49. The van der Waals surface area contributed by atoms with Crippen molar-refractivity contribution >= 4 is 79.0 Å². The largest absolute Gasteiger partial charge is 0.481 e. The van der Waals surface area contributed by atoms with E-state index < -0.39 is 17.2 Å². The van der Waals surface area contributed by atoms with Crippen LogP contribution < -0.4 is 11.1 Å². The molecule has 0 saturated heterocycles. The van der Waals surface area contributed by atoms with Crippen molar-refractivity contribution in [3.63, 3.8) is 0 Å². The predicted molar refractivity (Wildman–Crippen MR) is 298 cm³/mol. The van der Waals surface area contributed by atoms with Crippen molar-refractivity contribution in [3.05, 3.63) is 60.2 Å². The molecule has 21 nitrogen and oxygen atoms in total. The number of carboxylic acids is 1. The fourth-order valence-corrected chi connectivity index (χ4v) is 7.71. The second-order valence-electron chi connectivity index (χ2n) is 18.7. The molecule has 0 aliphatic carbocycles. The van der Waals surface area contributed by atoms with Crippen LogP contribution >= 0.6 is 0 Å². The number of carbonyl (C=O) groups excluding carboxylic acids is 3. The highest BCUT2D eigenvalue weighted by atomic mass is 16.5. The molecule has 0 spiro atoms. The molecule has 1 amide bonds. The third kappa shape index (κ3) is 22.5. The molecule has 0 unspecified atom stereocenters. The van der Waals surface area contributed by atoms with Gasteiger partial charge in [-0.1, -0.05) is 50.2 Å². The molecule has 0 atom stereocenters. The maximum atomic E-state index is 12.8. The van der Waals surface area contributed by atoms with E-state index in [9.17, 15) is 29.4 Å². The molecule has 6 aromatic rings. The number of nitrogen functional groups attached to an aromatic ring is 1. The number of benzene rings is 2. The maximum Gasteiger partial charge on any atom is 0.303 e. The number of ketones is 2. The van der Waals surface area contributed by atoms with Gasteiger partial charge in [0, 0.05) is 64.3 Å². The maximum absolute atomic E-state index is 12.8. The van der Waals surface area contributed by atoms with Crippen LogP contribution in [0.2, 0.25) is 0 Å². The topological polar surface area (TPSA) is 284 Å². The number of hydrogen-bond donors (Lipinski definition) is 5. The van der Waals surface area contributed by atoms with Gasteiger partial charge in [0.1, 0.15) is 49.1 Å². The number of fused-ring (bicyclic) bond motifs is 6. The summed E-state index contributed by atoms with van der Waals surface area (Å²) in [5, 5.41) is 34.0. The number of aliphatic hydroxyl groups is 2. The number of hydrogen-bond acceptors (Lipinski definition) is 17. The van der Waals surface area contributed by atoms with Crippen LogP contribution in [0.4, 0.5) is 11.6 Å². The second kappa shape index (κ2) is 34.0. The summed E-state index contributed by atoms with van der Waals surface area (Å²) in [6, 6.07) is 15.4. The summed E-state index contributed by atoms with van der Waals surface area (Å²) in [4.78, 5) is 64.6. The van der Waals surface area contributed by atoms with Crippen LogP contribution in [0.15, 0.2) is 48.5 Å². The Hall–Kier alpha value is -6.04. The summed E-state index contributed by atoms with van der Waals surface area (Å²) in [5.74, 6) is 0.880. The van der Waals surface area contributed by atoms with Gasteiger partial charge in [0.25, 0.3) is 0 Å². The number of rotatable bonds is 31. The standard InChI is InChI=1S/C27H38N4O6.C17H22N4O2.C10H18O5.C2H6/c1-5-35-14-15-37-16-19(32)10-9-13-23(33)30-26-24-25(20-11-7-8-12-21(20)28-26)31(18-27(3,4)34)22(29-24)17-36-6-2;1-4-23-9-13-20-14-15(21(13)10-17(2,3)22)11-7-5-6-8-12(11)19-16(14)18;1-2-14-6-7-15-8-9(11)4-3-5-10(12)13;1-2/h7-8,11-12,34H,5-6,9-10,13-18H2,1-4H3,(H,28,30,33);5-8,22H,4,9-10H2,1-3H3,(H2,18,19);2-8H2,1H3,(H,12,13);1-2H3/i;;;1D. The number of Topliss-reactive ketones (excluding diaryl/α,β-unsaturated/α-hetero) is 2.